The molecule has 3 rings (SSSR count). The smallest absolute Gasteiger partial charge is 0.258 e. The van der Waals surface area contributed by atoms with Crippen molar-refractivity contribution in [2.75, 3.05) is 0 Å². The molecule has 5 nitrogen and oxygen atoms in total. The van der Waals surface area contributed by atoms with E-state index in [-0.39, 0.29) is 17.7 Å². The van der Waals surface area contributed by atoms with E-state index >= 15 is 0 Å². The maximum absolute atomic E-state index is 13.9. The fourth-order valence-electron chi connectivity index (χ4n) is 2.93. The topological polar surface area (TPSA) is 77.3 Å². The lowest BCUT2D eigenvalue weighted by atomic mass is 9.99. The molecule has 7 heteroatoms. The van der Waals surface area contributed by atoms with Crippen LogP contribution in [0.5, 0.6) is 0 Å². The molecule has 0 amide bonds. The van der Waals surface area contributed by atoms with Crippen molar-refractivity contribution in [3.8, 4) is 0 Å². The molecule has 1 aromatic rings. The van der Waals surface area contributed by atoms with Crippen molar-refractivity contribution >= 4 is 21.1 Å². The van der Waals surface area contributed by atoms with Gasteiger partial charge >= 0.3 is 0 Å². The van der Waals surface area contributed by atoms with Gasteiger partial charge in [-0.05, 0) is 30.9 Å². The van der Waals surface area contributed by atoms with Crippen LogP contribution in [-0.2, 0) is 9.84 Å². The largest absolute Gasteiger partial charge is 0.270 e. The first kappa shape index (κ1) is 13.2. The molecule has 20 heavy (non-hydrogen) atoms. The highest BCUT2D eigenvalue weighted by molar-refractivity contribution is 7.93. The number of nitro benzene ring substituents is 1. The second-order valence-electron chi connectivity index (χ2n) is 5.14. The van der Waals surface area contributed by atoms with Crippen molar-refractivity contribution in [2.45, 2.75) is 29.8 Å². The van der Waals surface area contributed by atoms with Crippen LogP contribution < -0.4 is 0 Å². The van der Waals surface area contributed by atoms with Crippen LogP contribution in [-0.4, -0.2) is 23.8 Å². The molecule has 2 aliphatic heterocycles. The normalized spacial score (nSPS) is 27.1. The standard InChI is InChI=1S/C13H12FNO4S/c14-13-4-1-9(15(16)17)7-12(13)8-5-10-2-3-11(6-8)20(10,18)19/h1,4-5,7,10-11H,2-3,6H2. The molecular weight excluding hydrogens is 285 g/mol. The Balaban J connectivity index is 2.07. The van der Waals surface area contributed by atoms with Crippen molar-refractivity contribution < 1.29 is 17.7 Å². The van der Waals surface area contributed by atoms with Gasteiger partial charge in [-0.3, -0.25) is 10.1 Å². The lowest BCUT2D eigenvalue weighted by molar-refractivity contribution is -0.384. The Morgan fingerprint density at radius 3 is 2.70 bits per heavy atom. The summed E-state index contributed by atoms with van der Waals surface area (Å²) in [6, 6.07) is 3.34. The summed E-state index contributed by atoms with van der Waals surface area (Å²) >= 11 is 0. The average molecular weight is 297 g/mol. The van der Waals surface area contributed by atoms with Gasteiger partial charge in [0.05, 0.1) is 15.4 Å². The van der Waals surface area contributed by atoms with Gasteiger partial charge in [-0.1, -0.05) is 6.08 Å². The number of fused-ring (bicyclic) bond motifs is 2. The molecule has 0 radical (unpaired) electrons. The van der Waals surface area contributed by atoms with Crippen LogP contribution >= 0.6 is 0 Å². The first-order valence-corrected chi connectivity index (χ1v) is 7.88. The monoisotopic (exact) mass is 297 g/mol. The fourth-order valence-corrected chi connectivity index (χ4v) is 5.12. The summed E-state index contributed by atoms with van der Waals surface area (Å²) in [5.41, 5.74) is 0.516. The molecule has 2 heterocycles. The van der Waals surface area contributed by atoms with E-state index in [4.69, 9.17) is 0 Å². The van der Waals surface area contributed by atoms with E-state index < -0.39 is 31.1 Å². The second kappa shape index (κ2) is 4.37. The number of nitrogens with zero attached hydrogens (tertiary/aromatic N) is 1. The summed E-state index contributed by atoms with van der Waals surface area (Å²) in [5, 5.41) is 9.70. The van der Waals surface area contributed by atoms with Crippen LogP contribution in [0.2, 0.25) is 0 Å². The van der Waals surface area contributed by atoms with E-state index in [1.54, 1.807) is 6.08 Å². The highest BCUT2D eigenvalue weighted by Crippen LogP contribution is 2.41. The number of benzene rings is 1. The van der Waals surface area contributed by atoms with Gasteiger partial charge in [0, 0.05) is 17.7 Å². The maximum Gasteiger partial charge on any atom is 0.270 e. The number of halogens is 1. The van der Waals surface area contributed by atoms with Gasteiger partial charge in [0.25, 0.3) is 5.69 Å². The number of allylic oxidation sites excluding steroid dienone is 1. The Kier molecular flexibility index (Phi) is 2.89. The molecule has 1 saturated heterocycles. The molecule has 0 aromatic heterocycles. The van der Waals surface area contributed by atoms with Gasteiger partial charge in [0.1, 0.15) is 5.82 Å². The lowest BCUT2D eigenvalue weighted by Crippen LogP contribution is -2.26. The highest BCUT2D eigenvalue weighted by atomic mass is 32.2. The second-order valence-corrected chi connectivity index (χ2v) is 7.59. The van der Waals surface area contributed by atoms with E-state index in [0.717, 1.165) is 12.1 Å². The van der Waals surface area contributed by atoms with Crippen LogP contribution in [0.1, 0.15) is 24.8 Å². The van der Waals surface area contributed by atoms with Crippen molar-refractivity contribution in [1.82, 2.24) is 0 Å². The third kappa shape index (κ3) is 1.93. The van der Waals surface area contributed by atoms with Crippen molar-refractivity contribution in [2.24, 2.45) is 0 Å². The minimum Gasteiger partial charge on any atom is -0.258 e. The molecule has 1 fully saturated rings. The summed E-state index contributed by atoms with van der Waals surface area (Å²) < 4.78 is 37.8. The third-order valence-electron chi connectivity index (χ3n) is 4.00. The average Bonchev–Trinajstić information content (AvgIpc) is 2.57. The number of sulfone groups is 1. The van der Waals surface area contributed by atoms with Gasteiger partial charge < -0.3 is 0 Å². The molecule has 2 aliphatic rings. The van der Waals surface area contributed by atoms with Crippen molar-refractivity contribution in [3.63, 3.8) is 0 Å². The Morgan fingerprint density at radius 2 is 2.05 bits per heavy atom. The zero-order valence-electron chi connectivity index (χ0n) is 10.5. The quantitative estimate of drug-likeness (QED) is 0.620. The molecule has 0 spiro atoms. The number of hydrogen-bond donors (Lipinski definition) is 0. The summed E-state index contributed by atoms with van der Waals surface area (Å²) in [6.45, 7) is 0. The molecule has 2 atom stereocenters. The lowest BCUT2D eigenvalue weighted by Gasteiger charge is -2.20. The predicted octanol–water partition coefficient (Wildman–Crippen LogP) is 2.47. The number of hydrogen-bond acceptors (Lipinski definition) is 4. The molecule has 0 aliphatic carbocycles. The summed E-state index contributed by atoms with van der Waals surface area (Å²) in [5.74, 6) is -0.555. The molecule has 1 aromatic carbocycles. The van der Waals surface area contributed by atoms with Crippen LogP contribution in [0.4, 0.5) is 10.1 Å². The van der Waals surface area contributed by atoms with Crippen molar-refractivity contribution in [1.29, 1.82) is 0 Å². The minimum atomic E-state index is -3.14. The van der Waals surface area contributed by atoms with Gasteiger partial charge in [0.2, 0.25) is 0 Å². The van der Waals surface area contributed by atoms with Gasteiger partial charge in [-0.25, -0.2) is 12.8 Å². The zero-order valence-corrected chi connectivity index (χ0v) is 11.3. The zero-order chi connectivity index (χ0) is 14.5. The maximum atomic E-state index is 13.9. The first-order valence-electron chi connectivity index (χ1n) is 6.27. The van der Waals surface area contributed by atoms with E-state index in [2.05, 4.69) is 0 Å². The van der Waals surface area contributed by atoms with Crippen LogP contribution in [0, 0.1) is 15.9 Å². The minimum absolute atomic E-state index is 0.144. The number of rotatable bonds is 2. The Bertz CT molecular complexity index is 726. The van der Waals surface area contributed by atoms with Gasteiger partial charge in [0.15, 0.2) is 9.84 Å². The molecule has 2 unspecified atom stereocenters. The molecule has 106 valence electrons. The van der Waals surface area contributed by atoms with Crippen molar-refractivity contribution in [3.05, 3.63) is 45.8 Å². The fraction of sp³-hybridized carbons (Fsp3) is 0.385. The highest BCUT2D eigenvalue weighted by Gasteiger charge is 2.43. The van der Waals surface area contributed by atoms with Crippen LogP contribution in [0.3, 0.4) is 0 Å². The number of nitro groups is 1. The number of non-ortho nitro benzene ring substituents is 1. The van der Waals surface area contributed by atoms with E-state index in [1.165, 1.54) is 6.07 Å². The summed E-state index contributed by atoms with van der Waals surface area (Å²) in [7, 11) is -3.14. The van der Waals surface area contributed by atoms with Gasteiger partial charge in [-0.2, -0.15) is 0 Å². The SMILES string of the molecule is O=[N+]([O-])c1ccc(F)c(C2=CC3CCC(C2)S3(=O)=O)c1. The van der Waals surface area contributed by atoms with E-state index in [9.17, 15) is 22.9 Å². The molecule has 0 N–H and O–H groups in total. The summed E-state index contributed by atoms with van der Waals surface area (Å²) in [4.78, 5) is 10.2. The summed E-state index contributed by atoms with van der Waals surface area (Å²) in [6.07, 6.45) is 2.91. The van der Waals surface area contributed by atoms with Crippen LogP contribution in [0.15, 0.2) is 24.3 Å². The van der Waals surface area contributed by atoms with E-state index in [1.807, 2.05) is 0 Å². The Morgan fingerprint density at radius 1 is 1.30 bits per heavy atom. The molecular formula is C13H12FNO4S. The predicted molar refractivity (Wildman–Crippen MR) is 71.4 cm³/mol. The molecule has 2 bridgehead atoms. The third-order valence-corrected chi connectivity index (χ3v) is 6.55. The first-order chi connectivity index (χ1) is 9.39. The van der Waals surface area contributed by atoms with E-state index in [0.29, 0.717) is 18.4 Å². The van der Waals surface area contributed by atoms with Gasteiger partial charge in [-0.15, -0.1) is 0 Å². The molecule has 0 saturated carbocycles. The van der Waals surface area contributed by atoms with Crippen LogP contribution in [0.25, 0.3) is 5.57 Å². The Labute approximate surface area is 115 Å². The Hall–Kier alpha value is -1.76.